The van der Waals surface area contributed by atoms with Crippen LogP contribution in [-0.2, 0) is 16.6 Å². The van der Waals surface area contributed by atoms with Crippen LogP contribution in [0.15, 0.2) is 17.0 Å². The number of methoxy groups -OCH3 is 2. The number of benzene rings is 1. The first-order valence-corrected chi connectivity index (χ1v) is 6.70. The number of nitrogens with two attached hydrogens (primary N) is 1. The highest BCUT2D eigenvalue weighted by Gasteiger charge is 2.21. The molecule has 2 N–H and O–H groups in total. The molecule has 0 amide bonds. The molecular weight excluding hydrogens is 256 g/mol. The van der Waals surface area contributed by atoms with Crippen LogP contribution in [0.5, 0.6) is 11.5 Å². The number of hydrogen-bond acceptors (Lipinski definition) is 5. The van der Waals surface area contributed by atoms with Gasteiger partial charge in [-0.05, 0) is 6.07 Å². The summed E-state index contributed by atoms with van der Waals surface area (Å²) >= 11 is 0. The second-order valence-electron chi connectivity index (χ2n) is 3.81. The highest BCUT2D eigenvalue weighted by Crippen LogP contribution is 2.34. The van der Waals surface area contributed by atoms with Gasteiger partial charge in [0.1, 0.15) is 0 Å². The minimum absolute atomic E-state index is 0.130. The summed E-state index contributed by atoms with van der Waals surface area (Å²) in [5, 5.41) is 0. The van der Waals surface area contributed by atoms with Gasteiger partial charge in [0.2, 0.25) is 10.0 Å². The summed E-state index contributed by atoms with van der Waals surface area (Å²) in [6, 6.07) is 2.92. The van der Waals surface area contributed by atoms with E-state index in [-0.39, 0.29) is 11.4 Å². The summed E-state index contributed by atoms with van der Waals surface area (Å²) < 4.78 is 35.6. The Balaban J connectivity index is 3.51. The minimum Gasteiger partial charge on any atom is -0.493 e. The second kappa shape index (κ2) is 5.55. The van der Waals surface area contributed by atoms with Crippen LogP contribution in [-0.4, -0.2) is 41.0 Å². The lowest BCUT2D eigenvalue weighted by Crippen LogP contribution is -2.22. The van der Waals surface area contributed by atoms with Gasteiger partial charge in [0.15, 0.2) is 11.5 Å². The van der Waals surface area contributed by atoms with Crippen LogP contribution in [0, 0.1) is 0 Å². The van der Waals surface area contributed by atoms with Crippen molar-refractivity contribution in [1.29, 1.82) is 0 Å². The maximum absolute atomic E-state index is 12.1. The zero-order chi connectivity index (χ0) is 13.9. The molecule has 7 heteroatoms. The molecule has 0 fully saturated rings. The normalized spacial score (nSPS) is 11.7. The molecule has 0 bridgehead atoms. The average Bonchev–Trinajstić information content (AvgIpc) is 2.36. The first-order valence-electron chi connectivity index (χ1n) is 5.26. The van der Waals surface area contributed by atoms with E-state index in [9.17, 15) is 8.42 Å². The van der Waals surface area contributed by atoms with Crippen molar-refractivity contribution in [3.05, 3.63) is 17.7 Å². The van der Waals surface area contributed by atoms with Gasteiger partial charge < -0.3 is 15.2 Å². The molecule has 1 aromatic carbocycles. The van der Waals surface area contributed by atoms with E-state index >= 15 is 0 Å². The van der Waals surface area contributed by atoms with Crippen LogP contribution >= 0.6 is 0 Å². The lowest BCUT2D eigenvalue weighted by molar-refractivity contribution is 0.350. The van der Waals surface area contributed by atoms with Crippen molar-refractivity contribution in [2.24, 2.45) is 5.73 Å². The molecule has 0 heterocycles. The summed E-state index contributed by atoms with van der Waals surface area (Å²) in [5.41, 5.74) is 6.17. The van der Waals surface area contributed by atoms with Crippen LogP contribution in [0.1, 0.15) is 5.56 Å². The maximum atomic E-state index is 12.1. The molecule has 0 aliphatic carbocycles. The first kappa shape index (κ1) is 14.7. The first-order chi connectivity index (χ1) is 8.38. The number of sulfonamides is 1. The van der Waals surface area contributed by atoms with Gasteiger partial charge in [-0.25, -0.2) is 12.7 Å². The van der Waals surface area contributed by atoms with E-state index in [1.165, 1.54) is 40.4 Å². The monoisotopic (exact) mass is 274 g/mol. The van der Waals surface area contributed by atoms with Crippen molar-refractivity contribution in [2.45, 2.75) is 11.4 Å². The Hall–Kier alpha value is -1.31. The Morgan fingerprint density at radius 2 is 1.83 bits per heavy atom. The van der Waals surface area contributed by atoms with Crippen LogP contribution in [0.2, 0.25) is 0 Å². The van der Waals surface area contributed by atoms with E-state index in [0.29, 0.717) is 17.1 Å². The Morgan fingerprint density at radius 3 is 2.22 bits per heavy atom. The molecule has 0 spiro atoms. The molecule has 1 rings (SSSR count). The third-order valence-corrected chi connectivity index (χ3v) is 4.32. The van der Waals surface area contributed by atoms with E-state index in [1.54, 1.807) is 0 Å². The van der Waals surface area contributed by atoms with Crippen LogP contribution < -0.4 is 15.2 Å². The second-order valence-corrected chi connectivity index (χ2v) is 5.96. The van der Waals surface area contributed by atoms with E-state index in [2.05, 4.69) is 0 Å². The van der Waals surface area contributed by atoms with E-state index < -0.39 is 10.0 Å². The molecule has 0 atom stereocenters. The number of rotatable bonds is 5. The molecule has 18 heavy (non-hydrogen) atoms. The summed E-state index contributed by atoms with van der Waals surface area (Å²) in [7, 11) is 2.34. The largest absolute Gasteiger partial charge is 0.493 e. The zero-order valence-corrected chi connectivity index (χ0v) is 11.7. The van der Waals surface area contributed by atoms with E-state index in [4.69, 9.17) is 15.2 Å². The standard InChI is InChI=1S/C11H18N2O4S/c1-13(2)18(14,15)9-5-8(7-12)11(17-4)10(6-9)16-3/h5-6H,7,12H2,1-4H3. The fraction of sp³-hybridized carbons (Fsp3) is 0.455. The SMILES string of the molecule is COc1cc(S(=O)(=O)N(C)C)cc(CN)c1OC. The lowest BCUT2D eigenvalue weighted by atomic mass is 10.2. The summed E-state index contributed by atoms with van der Waals surface area (Å²) in [5.74, 6) is 0.804. The third-order valence-electron chi connectivity index (χ3n) is 2.53. The minimum atomic E-state index is -3.52. The molecule has 102 valence electrons. The van der Waals surface area contributed by atoms with Crippen molar-refractivity contribution in [3.8, 4) is 11.5 Å². The predicted octanol–water partition coefficient (Wildman–Crippen LogP) is 0.413. The zero-order valence-electron chi connectivity index (χ0n) is 10.9. The van der Waals surface area contributed by atoms with Crippen molar-refractivity contribution < 1.29 is 17.9 Å². The molecule has 6 nitrogen and oxygen atoms in total. The Morgan fingerprint density at radius 1 is 1.22 bits per heavy atom. The topological polar surface area (TPSA) is 81.9 Å². The summed E-state index contributed by atoms with van der Waals surface area (Å²) in [6.45, 7) is 0.163. The fourth-order valence-electron chi connectivity index (χ4n) is 1.53. The molecule has 0 saturated heterocycles. The van der Waals surface area contributed by atoms with Crippen molar-refractivity contribution >= 4 is 10.0 Å². The Kier molecular flexibility index (Phi) is 4.55. The van der Waals surface area contributed by atoms with Gasteiger partial charge in [-0.1, -0.05) is 0 Å². The Labute approximate surface area is 107 Å². The quantitative estimate of drug-likeness (QED) is 0.841. The van der Waals surface area contributed by atoms with Gasteiger partial charge in [-0.15, -0.1) is 0 Å². The fourth-order valence-corrected chi connectivity index (χ4v) is 2.50. The van der Waals surface area contributed by atoms with Gasteiger partial charge in [0.25, 0.3) is 0 Å². The summed E-state index contributed by atoms with van der Waals surface area (Å²) in [6.07, 6.45) is 0. The highest BCUT2D eigenvalue weighted by molar-refractivity contribution is 7.89. The van der Waals surface area contributed by atoms with Crippen LogP contribution in [0.3, 0.4) is 0 Å². The van der Waals surface area contributed by atoms with E-state index in [0.717, 1.165) is 4.31 Å². The molecule has 1 aromatic rings. The highest BCUT2D eigenvalue weighted by atomic mass is 32.2. The molecule has 0 aliphatic heterocycles. The molecule has 0 radical (unpaired) electrons. The lowest BCUT2D eigenvalue weighted by Gasteiger charge is -2.16. The maximum Gasteiger partial charge on any atom is 0.242 e. The van der Waals surface area contributed by atoms with E-state index in [1.807, 2.05) is 0 Å². The van der Waals surface area contributed by atoms with Gasteiger partial charge in [-0.3, -0.25) is 0 Å². The van der Waals surface area contributed by atoms with Crippen LogP contribution in [0.4, 0.5) is 0 Å². The molecule has 0 saturated carbocycles. The number of hydrogen-bond donors (Lipinski definition) is 1. The van der Waals surface area contributed by atoms with Crippen molar-refractivity contribution in [2.75, 3.05) is 28.3 Å². The average molecular weight is 274 g/mol. The molecule has 0 aliphatic rings. The van der Waals surface area contributed by atoms with Gasteiger partial charge >= 0.3 is 0 Å². The molecular formula is C11H18N2O4S. The van der Waals surface area contributed by atoms with Gasteiger partial charge in [-0.2, -0.15) is 0 Å². The summed E-state index contributed by atoms with van der Waals surface area (Å²) in [4.78, 5) is 0.130. The number of nitrogens with zero attached hydrogens (tertiary/aromatic N) is 1. The molecule has 0 unspecified atom stereocenters. The smallest absolute Gasteiger partial charge is 0.242 e. The van der Waals surface area contributed by atoms with Crippen molar-refractivity contribution in [1.82, 2.24) is 4.31 Å². The Bertz CT molecular complexity index is 501. The van der Waals surface area contributed by atoms with Gasteiger partial charge in [0.05, 0.1) is 19.1 Å². The molecule has 0 aromatic heterocycles. The van der Waals surface area contributed by atoms with Crippen LogP contribution in [0.25, 0.3) is 0 Å². The predicted molar refractivity (Wildman–Crippen MR) is 68.3 cm³/mol. The van der Waals surface area contributed by atoms with Crippen molar-refractivity contribution in [3.63, 3.8) is 0 Å². The van der Waals surface area contributed by atoms with Gasteiger partial charge in [0, 0.05) is 32.3 Å². The third kappa shape index (κ3) is 2.58. The number of ether oxygens (including phenoxy) is 2.